The molecule has 1 aromatic carbocycles. The number of amides is 1. The number of piperidine rings is 1. The number of hydrogen-bond acceptors (Lipinski definition) is 4. The first-order valence-electron chi connectivity index (χ1n) is 8.09. The summed E-state index contributed by atoms with van der Waals surface area (Å²) in [6, 6.07) is 7.14. The molecule has 0 aliphatic carbocycles. The lowest BCUT2D eigenvalue weighted by Crippen LogP contribution is -2.38. The van der Waals surface area contributed by atoms with Crippen LogP contribution in [-0.2, 0) is 4.79 Å². The van der Waals surface area contributed by atoms with E-state index < -0.39 is 12.2 Å². The second-order valence-electron chi connectivity index (χ2n) is 6.08. The van der Waals surface area contributed by atoms with Crippen LogP contribution in [0.15, 0.2) is 24.3 Å². The number of hydrogen-bond donors (Lipinski definition) is 1. The largest absolute Gasteiger partial charge is 0.369 e. The first-order chi connectivity index (χ1) is 11.5. The number of likely N-dealkylation sites (tertiary alicyclic amines) is 1. The van der Waals surface area contributed by atoms with E-state index in [-0.39, 0.29) is 5.91 Å². The van der Waals surface area contributed by atoms with Gasteiger partial charge in [0, 0.05) is 31.9 Å². The molecular weight excluding hydrogens is 314 g/mol. The molecule has 0 radical (unpaired) electrons. The Morgan fingerprint density at radius 2 is 2.00 bits per heavy atom. The third kappa shape index (κ3) is 3.60. The van der Waals surface area contributed by atoms with Crippen molar-refractivity contribution in [1.82, 2.24) is 14.9 Å². The summed E-state index contributed by atoms with van der Waals surface area (Å²) in [5, 5.41) is 3.95. The lowest BCUT2D eigenvalue weighted by molar-refractivity contribution is -0.130. The van der Waals surface area contributed by atoms with Gasteiger partial charge in [-0.15, -0.1) is 0 Å². The maximum Gasteiger partial charge on any atom is 0.297 e. The Labute approximate surface area is 139 Å². The van der Waals surface area contributed by atoms with Gasteiger partial charge < -0.3 is 10.2 Å². The number of carbonyl (C=O) groups excluding carboxylic acids is 1. The van der Waals surface area contributed by atoms with Crippen LogP contribution < -0.4 is 5.32 Å². The zero-order chi connectivity index (χ0) is 17.1. The van der Waals surface area contributed by atoms with Crippen LogP contribution in [0.5, 0.6) is 0 Å². The Morgan fingerprint density at radius 1 is 1.29 bits per heavy atom. The van der Waals surface area contributed by atoms with Crippen LogP contribution in [0.1, 0.15) is 32.0 Å². The average molecular weight is 334 g/mol. The van der Waals surface area contributed by atoms with E-state index in [1.54, 1.807) is 19.1 Å². The van der Waals surface area contributed by atoms with Crippen molar-refractivity contribution in [3.8, 4) is 0 Å². The third-order valence-electron chi connectivity index (χ3n) is 4.43. The molecule has 1 aliphatic rings. The highest BCUT2D eigenvalue weighted by Crippen LogP contribution is 2.25. The molecule has 1 saturated heterocycles. The van der Waals surface area contributed by atoms with Gasteiger partial charge >= 0.3 is 0 Å². The minimum atomic E-state index is -2.70. The number of nitrogens with zero attached hydrogens (tertiary/aromatic N) is 3. The quantitative estimate of drug-likeness (QED) is 0.932. The van der Waals surface area contributed by atoms with Crippen molar-refractivity contribution in [2.75, 3.05) is 25.0 Å². The number of nitrogens with one attached hydrogen (secondary N) is 1. The van der Waals surface area contributed by atoms with E-state index in [9.17, 15) is 13.6 Å². The highest BCUT2D eigenvalue weighted by Gasteiger charge is 2.21. The first-order valence-corrected chi connectivity index (χ1v) is 8.09. The second kappa shape index (κ2) is 7.07. The number of anilines is 1. The SMILES string of the molecule is CC(=O)N1CCC(CNc2nc(C(F)F)nc3ccccc23)CC1. The van der Waals surface area contributed by atoms with E-state index in [2.05, 4.69) is 15.3 Å². The van der Waals surface area contributed by atoms with Crippen LogP contribution in [0, 0.1) is 5.92 Å². The van der Waals surface area contributed by atoms with Crippen molar-refractivity contribution >= 4 is 22.6 Å². The molecule has 1 aromatic heterocycles. The number of fused-ring (bicyclic) bond motifs is 1. The first kappa shape index (κ1) is 16.5. The molecule has 0 atom stereocenters. The molecule has 5 nitrogen and oxygen atoms in total. The molecule has 24 heavy (non-hydrogen) atoms. The summed E-state index contributed by atoms with van der Waals surface area (Å²) in [6.07, 6.45) is -0.900. The number of alkyl halides is 2. The van der Waals surface area contributed by atoms with E-state index in [0.717, 1.165) is 31.3 Å². The van der Waals surface area contributed by atoms with Gasteiger partial charge in [-0.2, -0.15) is 0 Å². The molecule has 128 valence electrons. The van der Waals surface area contributed by atoms with E-state index in [1.165, 1.54) is 0 Å². The van der Waals surface area contributed by atoms with Crippen molar-refractivity contribution < 1.29 is 13.6 Å². The Morgan fingerprint density at radius 3 is 2.67 bits per heavy atom. The van der Waals surface area contributed by atoms with Gasteiger partial charge in [0.2, 0.25) is 5.91 Å². The molecule has 3 rings (SSSR count). The van der Waals surface area contributed by atoms with E-state index in [0.29, 0.717) is 23.8 Å². The summed E-state index contributed by atoms with van der Waals surface area (Å²) < 4.78 is 26.0. The lowest BCUT2D eigenvalue weighted by Gasteiger charge is -2.31. The molecule has 1 amide bonds. The van der Waals surface area contributed by atoms with Gasteiger partial charge in [-0.25, -0.2) is 18.7 Å². The summed E-state index contributed by atoms with van der Waals surface area (Å²) in [6.45, 7) is 3.72. The van der Waals surface area contributed by atoms with E-state index in [1.807, 2.05) is 17.0 Å². The number of para-hydroxylation sites is 1. The maximum absolute atomic E-state index is 13.0. The monoisotopic (exact) mass is 334 g/mol. The average Bonchev–Trinajstić information content (AvgIpc) is 2.59. The minimum Gasteiger partial charge on any atom is -0.369 e. The standard InChI is InChI=1S/C17H20F2N4O/c1-11(24)23-8-6-12(7-9-23)10-20-16-13-4-2-3-5-14(13)21-17(22-16)15(18)19/h2-5,12,15H,6-10H2,1H3,(H,20,21,22). The zero-order valence-electron chi connectivity index (χ0n) is 13.5. The molecule has 0 unspecified atom stereocenters. The summed E-state index contributed by atoms with van der Waals surface area (Å²) in [5.74, 6) is 0.488. The van der Waals surface area contributed by atoms with Crippen LogP contribution in [0.2, 0.25) is 0 Å². The number of rotatable bonds is 4. The van der Waals surface area contributed by atoms with Crippen molar-refractivity contribution in [3.63, 3.8) is 0 Å². The van der Waals surface area contributed by atoms with Crippen molar-refractivity contribution in [3.05, 3.63) is 30.1 Å². The Bertz CT molecular complexity index is 730. The summed E-state index contributed by atoms with van der Waals surface area (Å²) in [5.41, 5.74) is 0.511. The van der Waals surface area contributed by atoms with E-state index in [4.69, 9.17) is 0 Å². The molecule has 7 heteroatoms. The third-order valence-corrected chi connectivity index (χ3v) is 4.43. The smallest absolute Gasteiger partial charge is 0.297 e. The molecule has 1 fully saturated rings. The highest BCUT2D eigenvalue weighted by molar-refractivity contribution is 5.89. The maximum atomic E-state index is 13.0. The van der Waals surface area contributed by atoms with Gasteiger partial charge in [0.1, 0.15) is 5.82 Å². The molecule has 2 heterocycles. The molecule has 1 N–H and O–H groups in total. The minimum absolute atomic E-state index is 0.102. The summed E-state index contributed by atoms with van der Waals surface area (Å²) >= 11 is 0. The van der Waals surface area contributed by atoms with Gasteiger partial charge in [0.25, 0.3) is 6.43 Å². The summed E-state index contributed by atoms with van der Waals surface area (Å²) in [4.78, 5) is 21.1. The summed E-state index contributed by atoms with van der Waals surface area (Å²) in [7, 11) is 0. The highest BCUT2D eigenvalue weighted by atomic mass is 19.3. The number of aromatic nitrogens is 2. The number of halogens is 2. The normalized spacial score (nSPS) is 15.9. The molecule has 1 aliphatic heterocycles. The fourth-order valence-electron chi connectivity index (χ4n) is 3.02. The van der Waals surface area contributed by atoms with Crippen LogP contribution >= 0.6 is 0 Å². The van der Waals surface area contributed by atoms with Crippen LogP contribution in [0.3, 0.4) is 0 Å². The van der Waals surface area contributed by atoms with Gasteiger partial charge in [-0.3, -0.25) is 4.79 Å². The van der Waals surface area contributed by atoms with Gasteiger partial charge in [-0.1, -0.05) is 12.1 Å². The Balaban J connectivity index is 1.72. The van der Waals surface area contributed by atoms with Crippen molar-refractivity contribution in [2.45, 2.75) is 26.2 Å². The number of benzene rings is 1. The number of carbonyl (C=O) groups is 1. The van der Waals surface area contributed by atoms with Crippen LogP contribution in [-0.4, -0.2) is 40.4 Å². The fourth-order valence-corrected chi connectivity index (χ4v) is 3.02. The Hall–Kier alpha value is -2.31. The molecule has 0 bridgehead atoms. The van der Waals surface area contributed by atoms with E-state index >= 15 is 0 Å². The predicted octanol–water partition coefficient (Wildman–Crippen LogP) is 3.24. The van der Waals surface area contributed by atoms with Crippen LogP contribution in [0.25, 0.3) is 10.9 Å². The van der Waals surface area contributed by atoms with Crippen LogP contribution in [0.4, 0.5) is 14.6 Å². The molecule has 2 aromatic rings. The van der Waals surface area contributed by atoms with Gasteiger partial charge in [-0.05, 0) is 30.9 Å². The molecule has 0 spiro atoms. The zero-order valence-corrected chi connectivity index (χ0v) is 13.5. The van der Waals surface area contributed by atoms with Gasteiger partial charge in [0.05, 0.1) is 5.52 Å². The lowest BCUT2D eigenvalue weighted by atomic mass is 9.97. The van der Waals surface area contributed by atoms with Crippen molar-refractivity contribution in [1.29, 1.82) is 0 Å². The topological polar surface area (TPSA) is 58.1 Å². The molecule has 0 saturated carbocycles. The predicted molar refractivity (Wildman–Crippen MR) is 88.0 cm³/mol. The van der Waals surface area contributed by atoms with Crippen molar-refractivity contribution in [2.24, 2.45) is 5.92 Å². The Kier molecular flexibility index (Phi) is 4.87. The fraction of sp³-hybridized carbons (Fsp3) is 0.471. The molecular formula is C17H20F2N4O. The second-order valence-corrected chi connectivity index (χ2v) is 6.08. The van der Waals surface area contributed by atoms with Gasteiger partial charge in [0.15, 0.2) is 5.82 Å².